The molecule has 0 radical (unpaired) electrons. The molecule has 4 heterocycles. The first-order chi connectivity index (χ1) is 27.3. The van der Waals surface area contributed by atoms with E-state index in [0.29, 0.717) is 80.5 Å². The van der Waals surface area contributed by atoms with Gasteiger partial charge < -0.3 is 29.5 Å². The Morgan fingerprint density at radius 1 is 1.02 bits per heavy atom. The first-order valence-electron chi connectivity index (χ1n) is 20.5. The van der Waals surface area contributed by atoms with E-state index in [1.807, 2.05) is 25.1 Å². The number of hydrogen-bond donors (Lipinski definition) is 3. The van der Waals surface area contributed by atoms with E-state index in [9.17, 15) is 27.9 Å². The molecule has 3 N–H and O–H groups in total. The Bertz CT molecular complexity index is 2120. The average Bonchev–Trinajstić information content (AvgIpc) is 4.14. The zero-order valence-electron chi connectivity index (χ0n) is 32.3. The fourth-order valence-electron chi connectivity index (χ4n) is 10.1. The van der Waals surface area contributed by atoms with Gasteiger partial charge in [-0.2, -0.15) is 0 Å². The van der Waals surface area contributed by atoms with Crippen LogP contribution in [0.2, 0.25) is 0 Å². The first-order valence-corrected chi connectivity index (χ1v) is 22.1. The van der Waals surface area contributed by atoms with Crippen LogP contribution in [0.5, 0.6) is 17.4 Å². The summed E-state index contributed by atoms with van der Waals surface area (Å²) in [6, 6.07) is 2.90. The minimum Gasteiger partial charge on any atom is -0.486 e. The third kappa shape index (κ3) is 7.16. The highest BCUT2D eigenvalue weighted by atomic mass is 32.2. The smallest absolute Gasteiger partial charge is 0.408 e. The number of rotatable bonds is 7. The third-order valence-corrected chi connectivity index (χ3v) is 15.2. The summed E-state index contributed by atoms with van der Waals surface area (Å²) >= 11 is 0. The van der Waals surface area contributed by atoms with Crippen LogP contribution in [0.1, 0.15) is 78.1 Å². The summed E-state index contributed by atoms with van der Waals surface area (Å²) in [5.41, 5.74) is -1.53. The maximum Gasteiger partial charge on any atom is 0.408 e. The zero-order valence-corrected chi connectivity index (χ0v) is 33.1. The van der Waals surface area contributed by atoms with E-state index in [1.165, 1.54) is 9.80 Å². The van der Waals surface area contributed by atoms with Crippen molar-refractivity contribution in [2.24, 2.45) is 29.6 Å². The maximum atomic E-state index is 15.2. The number of benzene rings is 1. The minimum absolute atomic E-state index is 0.0247. The molecular formula is C41H51N5O10S. The van der Waals surface area contributed by atoms with Crippen molar-refractivity contribution in [3.63, 3.8) is 0 Å². The van der Waals surface area contributed by atoms with Crippen LogP contribution in [0.3, 0.4) is 0 Å². The van der Waals surface area contributed by atoms with Crippen LogP contribution >= 0.6 is 0 Å². The van der Waals surface area contributed by atoms with Gasteiger partial charge in [0.2, 0.25) is 27.7 Å². The molecule has 10 atom stereocenters. The fraction of sp³-hybridized carbons (Fsp3) is 0.634. The monoisotopic (exact) mass is 805 g/mol. The number of aromatic nitrogens is 1. The standard InChI is InChI=1S/C41H51N5O10S/c1-22-5-3-4-6-26-20-41(26,39(49)44-57(52,53)29-7-8-29)43-36(47)32-19-28(56-37-31-9-10-33-35(55-14-13-54-33)30(31)11-12-42-37)21-45(32)38(48)34(23(2)15-22)46(40(50)51)27-17-24-16-25(24)18-27/h4,6,9-12,22-29,32,34H,3,5,7-8,13-21H2,1-2H3,(H,43,47)(H,44,49)(H,50,51)/b6-4-/t22-,23+,24-,25?,26+,27+,28+,32-,34-,41+/m0/s1. The van der Waals surface area contributed by atoms with Gasteiger partial charge in [0.05, 0.1) is 11.8 Å². The van der Waals surface area contributed by atoms with Crippen LogP contribution in [-0.4, -0.2) is 107 Å². The molecule has 4 aliphatic carbocycles. The number of hydrogen-bond acceptors (Lipinski definition) is 10. The molecule has 16 heteroatoms. The lowest BCUT2D eigenvalue weighted by Gasteiger charge is -2.40. The summed E-state index contributed by atoms with van der Waals surface area (Å²) < 4.78 is 46.4. The molecular weight excluding hydrogens is 755 g/mol. The molecule has 1 unspecified atom stereocenters. The number of allylic oxidation sites excluding steroid dienone is 1. The second-order valence-electron chi connectivity index (χ2n) is 17.6. The van der Waals surface area contributed by atoms with Gasteiger partial charge in [0.1, 0.15) is 36.9 Å². The van der Waals surface area contributed by atoms with E-state index < -0.39 is 68.7 Å². The van der Waals surface area contributed by atoms with Gasteiger partial charge >= 0.3 is 6.09 Å². The van der Waals surface area contributed by atoms with E-state index in [4.69, 9.17) is 14.2 Å². The van der Waals surface area contributed by atoms with Crippen molar-refractivity contribution in [3.05, 3.63) is 36.5 Å². The highest BCUT2D eigenvalue weighted by Gasteiger charge is 2.62. The van der Waals surface area contributed by atoms with Crippen molar-refractivity contribution in [3.8, 4) is 17.4 Å². The van der Waals surface area contributed by atoms with Gasteiger partial charge in [0.15, 0.2) is 11.5 Å². The number of amides is 4. The van der Waals surface area contributed by atoms with Crippen LogP contribution in [0.25, 0.3) is 10.8 Å². The summed E-state index contributed by atoms with van der Waals surface area (Å²) in [6.45, 7) is 4.80. The van der Waals surface area contributed by atoms with Crippen LogP contribution in [-0.2, 0) is 24.4 Å². The zero-order chi connectivity index (χ0) is 39.8. The molecule has 5 fully saturated rings. The molecule has 4 amide bonds. The molecule has 2 aromatic rings. The fourth-order valence-corrected chi connectivity index (χ4v) is 11.4. The van der Waals surface area contributed by atoms with Crippen molar-refractivity contribution in [1.29, 1.82) is 0 Å². The number of sulfonamides is 1. The molecule has 0 spiro atoms. The normalized spacial score (nSPS) is 35.4. The lowest BCUT2D eigenvalue weighted by atomic mass is 9.86. The van der Waals surface area contributed by atoms with Crippen molar-refractivity contribution in [2.75, 3.05) is 19.8 Å². The molecule has 1 saturated heterocycles. The molecule has 57 heavy (non-hydrogen) atoms. The topological polar surface area (TPSA) is 194 Å². The van der Waals surface area contributed by atoms with Gasteiger partial charge in [-0.25, -0.2) is 18.2 Å². The third-order valence-electron chi connectivity index (χ3n) is 13.4. The highest BCUT2D eigenvalue weighted by Crippen LogP contribution is 2.54. The Labute approximate surface area is 331 Å². The van der Waals surface area contributed by atoms with Gasteiger partial charge in [0, 0.05) is 35.3 Å². The summed E-state index contributed by atoms with van der Waals surface area (Å²) in [5.74, 6) is -0.213. The van der Waals surface area contributed by atoms with Crippen molar-refractivity contribution >= 4 is 44.6 Å². The van der Waals surface area contributed by atoms with Gasteiger partial charge in [-0.15, -0.1) is 0 Å². The van der Waals surface area contributed by atoms with Gasteiger partial charge in [0.25, 0.3) is 5.91 Å². The number of fused-ring (bicyclic) bond motifs is 6. The van der Waals surface area contributed by atoms with E-state index >= 15 is 4.79 Å². The lowest BCUT2D eigenvalue weighted by molar-refractivity contribution is -0.145. The van der Waals surface area contributed by atoms with E-state index in [-0.39, 0.29) is 43.1 Å². The Kier molecular flexibility index (Phi) is 9.55. The molecule has 3 aliphatic heterocycles. The predicted octanol–water partition coefficient (Wildman–Crippen LogP) is 4.00. The average molecular weight is 806 g/mol. The number of nitrogens with zero attached hydrogens (tertiary/aromatic N) is 3. The van der Waals surface area contributed by atoms with Crippen molar-refractivity contribution in [2.45, 2.75) is 113 Å². The SMILES string of the molecule is C[C@H]1CC/C=C\[C@@H]2C[C@@]2(C(=O)NS(=O)(=O)C2CC2)NC(=O)[C@@H]2C[C@@H](Oc3nccc4c5c(ccc34)OCCO5)CN2C(=O)[C@@H](N(C(=O)O)[C@H]2CC3C[C@H]3C2)[C@H](C)C1. The summed E-state index contributed by atoms with van der Waals surface area (Å²) in [5, 5.41) is 14.5. The van der Waals surface area contributed by atoms with Crippen LogP contribution < -0.4 is 24.2 Å². The first kappa shape index (κ1) is 37.9. The number of nitrogens with one attached hydrogen (secondary N) is 2. The Hall–Kier alpha value is -4.60. The quantitative estimate of drug-likeness (QED) is 0.343. The highest BCUT2D eigenvalue weighted by molar-refractivity contribution is 7.91. The molecule has 9 rings (SSSR count). The van der Waals surface area contributed by atoms with Crippen molar-refractivity contribution < 1.29 is 46.9 Å². The minimum atomic E-state index is -3.92. The molecule has 4 saturated carbocycles. The van der Waals surface area contributed by atoms with E-state index in [0.717, 1.165) is 18.2 Å². The van der Waals surface area contributed by atoms with Gasteiger partial charge in [-0.05, 0) is 99.7 Å². The molecule has 1 aromatic carbocycles. The number of carbonyl (C=O) groups is 4. The number of carbonyl (C=O) groups excluding carboxylic acids is 3. The Morgan fingerprint density at radius 2 is 1.79 bits per heavy atom. The number of pyridine rings is 1. The Balaban J connectivity index is 1.07. The molecule has 1 aromatic heterocycles. The Morgan fingerprint density at radius 3 is 2.54 bits per heavy atom. The molecule has 306 valence electrons. The van der Waals surface area contributed by atoms with Crippen molar-refractivity contribution in [1.82, 2.24) is 24.8 Å². The maximum absolute atomic E-state index is 15.2. The molecule has 0 bridgehead atoms. The summed E-state index contributed by atoms with van der Waals surface area (Å²) in [6.07, 6.45) is 9.21. The lowest BCUT2D eigenvalue weighted by Crippen LogP contribution is -2.61. The van der Waals surface area contributed by atoms with Crippen LogP contribution in [0.15, 0.2) is 36.5 Å². The van der Waals surface area contributed by atoms with Gasteiger partial charge in [-0.3, -0.25) is 24.0 Å². The van der Waals surface area contributed by atoms with Gasteiger partial charge in [-0.1, -0.05) is 26.0 Å². The summed E-state index contributed by atoms with van der Waals surface area (Å²) in [4.78, 5) is 64.4. The second kappa shape index (κ2) is 14.3. The largest absolute Gasteiger partial charge is 0.486 e. The van der Waals surface area contributed by atoms with Crippen LogP contribution in [0.4, 0.5) is 4.79 Å². The number of ether oxygens (including phenoxy) is 3. The summed E-state index contributed by atoms with van der Waals surface area (Å²) in [7, 11) is -3.92. The molecule has 7 aliphatic rings. The van der Waals surface area contributed by atoms with Crippen LogP contribution in [0, 0.1) is 29.6 Å². The molecule has 15 nitrogen and oxygen atoms in total. The predicted molar refractivity (Wildman–Crippen MR) is 206 cm³/mol. The number of carboxylic acid groups (broad SMARTS) is 1. The van der Waals surface area contributed by atoms with E-state index in [1.54, 1.807) is 18.3 Å². The second-order valence-corrected chi connectivity index (χ2v) is 19.5. The van der Waals surface area contributed by atoms with E-state index in [2.05, 4.69) is 21.9 Å².